The Morgan fingerprint density at radius 3 is 2.14 bits per heavy atom. The maximum Gasteiger partial charge on any atom is 0.325 e. The van der Waals surface area contributed by atoms with Gasteiger partial charge in [0.25, 0.3) is 0 Å². The highest BCUT2D eigenvalue weighted by atomic mass is 16.4. The number of aliphatic hydroxyl groups is 1. The molecule has 0 aromatic rings. The fraction of sp³-hybridized carbons (Fsp3) is 0.769. The number of carboxylic acids is 1. The van der Waals surface area contributed by atoms with Crippen molar-refractivity contribution in [2.75, 3.05) is 6.54 Å². The summed E-state index contributed by atoms with van der Waals surface area (Å²) in [7, 11) is 0. The van der Waals surface area contributed by atoms with Crippen molar-refractivity contribution in [3.8, 4) is 0 Å². The summed E-state index contributed by atoms with van der Waals surface area (Å²) in [5.41, 5.74) is 10.9. The number of aliphatic carboxylic acids is 1. The van der Waals surface area contributed by atoms with E-state index in [9.17, 15) is 19.5 Å². The van der Waals surface area contributed by atoms with Crippen molar-refractivity contribution in [3.05, 3.63) is 0 Å². The molecular weight excluding hydrogens is 292 g/mol. The SMILES string of the molecule is CC(NC(=O)C(CCCCN)NC(=O)C(N)C(C)O)C(=O)O. The van der Waals surface area contributed by atoms with Crippen LogP contribution >= 0.6 is 0 Å². The van der Waals surface area contributed by atoms with Crippen LogP contribution in [0.15, 0.2) is 0 Å². The van der Waals surface area contributed by atoms with Gasteiger partial charge in [-0.25, -0.2) is 0 Å². The van der Waals surface area contributed by atoms with E-state index in [0.29, 0.717) is 25.8 Å². The number of nitrogens with one attached hydrogen (secondary N) is 2. The Balaban J connectivity index is 4.77. The fourth-order valence-electron chi connectivity index (χ4n) is 1.62. The maximum atomic E-state index is 12.1. The summed E-state index contributed by atoms with van der Waals surface area (Å²) in [6, 6.07) is -3.17. The third-order valence-corrected chi connectivity index (χ3v) is 3.13. The molecule has 0 rings (SSSR count). The molecule has 0 saturated heterocycles. The summed E-state index contributed by atoms with van der Waals surface area (Å²) in [6.07, 6.45) is 0.482. The van der Waals surface area contributed by atoms with E-state index in [0.717, 1.165) is 0 Å². The van der Waals surface area contributed by atoms with Crippen LogP contribution in [-0.2, 0) is 14.4 Å². The van der Waals surface area contributed by atoms with Gasteiger partial charge in [0.2, 0.25) is 11.8 Å². The molecule has 2 amide bonds. The number of amides is 2. The van der Waals surface area contributed by atoms with Gasteiger partial charge in [0.05, 0.1) is 6.10 Å². The minimum Gasteiger partial charge on any atom is -0.480 e. The Labute approximate surface area is 129 Å². The molecule has 0 radical (unpaired) electrons. The molecule has 4 unspecified atom stereocenters. The first-order valence-electron chi connectivity index (χ1n) is 7.18. The third-order valence-electron chi connectivity index (χ3n) is 3.13. The van der Waals surface area contributed by atoms with E-state index in [2.05, 4.69) is 10.6 Å². The fourth-order valence-corrected chi connectivity index (χ4v) is 1.62. The highest BCUT2D eigenvalue weighted by Gasteiger charge is 2.27. The quantitative estimate of drug-likeness (QED) is 0.251. The summed E-state index contributed by atoms with van der Waals surface area (Å²) in [4.78, 5) is 34.7. The smallest absolute Gasteiger partial charge is 0.325 e. The standard InChI is InChI=1S/C13H26N4O5/c1-7(13(21)22)16-11(19)9(5-3-4-6-14)17-12(20)10(15)8(2)18/h7-10,18H,3-6,14-15H2,1-2H3,(H,16,19)(H,17,20)(H,21,22). The van der Waals surface area contributed by atoms with Gasteiger partial charge in [0, 0.05) is 0 Å². The van der Waals surface area contributed by atoms with Crippen LogP contribution in [0.2, 0.25) is 0 Å². The van der Waals surface area contributed by atoms with Crippen LogP contribution in [0.5, 0.6) is 0 Å². The Hall–Kier alpha value is -1.71. The molecule has 0 spiro atoms. The van der Waals surface area contributed by atoms with Crippen molar-refractivity contribution in [2.45, 2.75) is 57.3 Å². The highest BCUT2D eigenvalue weighted by molar-refractivity contribution is 5.91. The Morgan fingerprint density at radius 2 is 1.68 bits per heavy atom. The number of hydrogen-bond acceptors (Lipinski definition) is 6. The molecule has 0 aliphatic heterocycles. The van der Waals surface area contributed by atoms with Crippen LogP contribution < -0.4 is 22.1 Å². The molecule has 9 heteroatoms. The minimum atomic E-state index is -1.18. The number of aliphatic hydroxyl groups excluding tert-OH is 1. The summed E-state index contributed by atoms with van der Waals surface area (Å²) < 4.78 is 0. The van der Waals surface area contributed by atoms with Crippen LogP contribution in [0.3, 0.4) is 0 Å². The van der Waals surface area contributed by atoms with Crippen LogP contribution in [0, 0.1) is 0 Å². The molecule has 0 aromatic heterocycles. The number of carbonyl (C=O) groups excluding carboxylic acids is 2. The van der Waals surface area contributed by atoms with E-state index in [4.69, 9.17) is 16.6 Å². The lowest BCUT2D eigenvalue weighted by Gasteiger charge is -2.22. The molecule has 0 heterocycles. The van der Waals surface area contributed by atoms with Crippen LogP contribution in [0.1, 0.15) is 33.1 Å². The summed E-state index contributed by atoms with van der Waals surface area (Å²) in [5.74, 6) is -2.47. The Kier molecular flexibility index (Phi) is 9.31. The van der Waals surface area contributed by atoms with Crippen molar-refractivity contribution < 1.29 is 24.6 Å². The molecule has 0 saturated carbocycles. The lowest BCUT2D eigenvalue weighted by atomic mass is 10.1. The topological polar surface area (TPSA) is 168 Å². The zero-order chi connectivity index (χ0) is 17.3. The summed E-state index contributed by atoms with van der Waals surface area (Å²) in [5, 5.41) is 22.8. The Morgan fingerprint density at radius 1 is 1.09 bits per heavy atom. The van der Waals surface area contributed by atoms with Gasteiger partial charge in [-0.2, -0.15) is 0 Å². The van der Waals surface area contributed by atoms with E-state index in [1.54, 1.807) is 0 Å². The largest absolute Gasteiger partial charge is 0.480 e. The zero-order valence-corrected chi connectivity index (χ0v) is 12.9. The van der Waals surface area contributed by atoms with E-state index < -0.39 is 42.0 Å². The van der Waals surface area contributed by atoms with E-state index >= 15 is 0 Å². The number of nitrogens with two attached hydrogens (primary N) is 2. The number of hydrogen-bond donors (Lipinski definition) is 6. The minimum absolute atomic E-state index is 0.299. The molecule has 0 bridgehead atoms. The number of rotatable bonds is 10. The van der Waals surface area contributed by atoms with Gasteiger partial charge in [0.1, 0.15) is 18.1 Å². The summed E-state index contributed by atoms with van der Waals surface area (Å²) >= 11 is 0. The number of carbonyl (C=O) groups is 3. The van der Waals surface area contributed by atoms with Crippen LogP contribution in [0.4, 0.5) is 0 Å². The van der Waals surface area contributed by atoms with Crippen LogP contribution in [-0.4, -0.2) is 58.8 Å². The van der Waals surface area contributed by atoms with Crippen molar-refractivity contribution in [2.24, 2.45) is 11.5 Å². The molecule has 0 fully saturated rings. The molecule has 0 aromatic carbocycles. The Bertz CT molecular complexity index is 389. The van der Waals surface area contributed by atoms with Gasteiger partial charge in [-0.3, -0.25) is 14.4 Å². The lowest BCUT2D eigenvalue weighted by Crippen LogP contribution is -2.55. The van der Waals surface area contributed by atoms with Crippen molar-refractivity contribution >= 4 is 17.8 Å². The normalized spacial score (nSPS) is 16.2. The first-order chi connectivity index (χ1) is 10.2. The molecular formula is C13H26N4O5. The molecule has 0 aliphatic carbocycles. The molecule has 9 nitrogen and oxygen atoms in total. The molecule has 4 atom stereocenters. The molecule has 8 N–H and O–H groups in total. The average molecular weight is 318 g/mol. The van der Waals surface area contributed by atoms with E-state index in [-0.39, 0.29) is 0 Å². The monoisotopic (exact) mass is 318 g/mol. The van der Waals surface area contributed by atoms with Crippen LogP contribution in [0.25, 0.3) is 0 Å². The second-order valence-electron chi connectivity index (χ2n) is 5.18. The van der Waals surface area contributed by atoms with Gasteiger partial charge in [-0.15, -0.1) is 0 Å². The first-order valence-corrected chi connectivity index (χ1v) is 7.18. The predicted octanol–water partition coefficient (Wildman–Crippen LogP) is -2.10. The highest BCUT2D eigenvalue weighted by Crippen LogP contribution is 2.03. The third kappa shape index (κ3) is 7.34. The lowest BCUT2D eigenvalue weighted by molar-refractivity contribution is -0.141. The van der Waals surface area contributed by atoms with Crippen molar-refractivity contribution in [1.29, 1.82) is 0 Å². The van der Waals surface area contributed by atoms with E-state index in [1.807, 2.05) is 0 Å². The van der Waals surface area contributed by atoms with Gasteiger partial charge < -0.3 is 32.3 Å². The first kappa shape index (κ1) is 20.3. The van der Waals surface area contributed by atoms with Crippen molar-refractivity contribution in [1.82, 2.24) is 10.6 Å². The molecule has 0 aliphatic rings. The van der Waals surface area contributed by atoms with Gasteiger partial charge >= 0.3 is 5.97 Å². The second-order valence-corrected chi connectivity index (χ2v) is 5.18. The predicted molar refractivity (Wildman–Crippen MR) is 79.7 cm³/mol. The number of unbranched alkanes of at least 4 members (excludes halogenated alkanes) is 1. The number of carboxylic acid groups (broad SMARTS) is 1. The maximum absolute atomic E-state index is 12.1. The van der Waals surface area contributed by atoms with E-state index in [1.165, 1.54) is 13.8 Å². The zero-order valence-electron chi connectivity index (χ0n) is 12.9. The second kappa shape index (κ2) is 10.1. The van der Waals surface area contributed by atoms with Gasteiger partial charge in [0.15, 0.2) is 0 Å². The average Bonchev–Trinajstić information content (AvgIpc) is 2.44. The molecule has 22 heavy (non-hydrogen) atoms. The summed E-state index contributed by atoms with van der Waals surface area (Å²) in [6.45, 7) is 3.13. The van der Waals surface area contributed by atoms with Gasteiger partial charge in [-0.05, 0) is 39.7 Å². The molecule has 128 valence electrons. The van der Waals surface area contributed by atoms with Crippen molar-refractivity contribution in [3.63, 3.8) is 0 Å². The van der Waals surface area contributed by atoms with Gasteiger partial charge in [-0.1, -0.05) is 0 Å².